The number of carbonyl (C=O) groups excluding carboxylic acids is 2. The van der Waals surface area contributed by atoms with Gasteiger partial charge in [0.15, 0.2) is 0 Å². The summed E-state index contributed by atoms with van der Waals surface area (Å²) < 4.78 is 28.1. The fraction of sp³-hybridized carbons (Fsp3) is 0.259. The number of anilines is 2. The zero-order chi connectivity index (χ0) is 25.6. The van der Waals surface area contributed by atoms with Crippen LogP contribution in [0.3, 0.4) is 0 Å². The second-order valence-corrected chi connectivity index (χ2v) is 10.4. The Labute approximate surface area is 207 Å². The van der Waals surface area contributed by atoms with E-state index < -0.39 is 22.5 Å². The van der Waals surface area contributed by atoms with Crippen LogP contribution in [0, 0.1) is 13.8 Å². The quantitative estimate of drug-likeness (QED) is 0.453. The van der Waals surface area contributed by atoms with Gasteiger partial charge in [0.05, 0.1) is 21.8 Å². The molecule has 0 aliphatic rings. The maximum absolute atomic E-state index is 13.5. The number of aryl methyl sites for hydroxylation is 2. The van der Waals surface area contributed by atoms with Crippen LogP contribution in [-0.4, -0.2) is 32.8 Å². The number of benzene rings is 3. The second-order valence-electron chi connectivity index (χ2n) is 8.54. The summed E-state index contributed by atoms with van der Waals surface area (Å²) in [6, 6.07) is 20.0. The van der Waals surface area contributed by atoms with E-state index in [9.17, 15) is 18.0 Å². The van der Waals surface area contributed by atoms with E-state index in [0.29, 0.717) is 16.9 Å². The number of para-hydroxylation sites is 1. The van der Waals surface area contributed by atoms with Crippen molar-refractivity contribution in [3.63, 3.8) is 0 Å². The molecular weight excluding hydrogens is 462 g/mol. The van der Waals surface area contributed by atoms with Crippen molar-refractivity contribution in [1.82, 2.24) is 5.32 Å². The molecule has 7 nitrogen and oxygen atoms in total. The molecule has 0 aromatic heterocycles. The largest absolute Gasteiger partial charge is 0.350 e. The van der Waals surface area contributed by atoms with Crippen LogP contribution in [0.15, 0.2) is 77.7 Å². The standard InChI is InChI=1S/C27H31N3O4S/c1-5-21(4)28-27(32)24-8-6-7-9-25(24)29-26(31)18-30(22-14-10-19(2)11-15-22)35(33,34)23-16-12-20(3)13-17-23/h6-17,21H,5,18H2,1-4H3,(H,28,32)(H,29,31)/t21-/m0/s1. The molecule has 0 aliphatic heterocycles. The van der Waals surface area contributed by atoms with Gasteiger partial charge in [-0.25, -0.2) is 8.42 Å². The lowest BCUT2D eigenvalue weighted by molar-refractivity contribution is -0.114. The minimum atomic E-state index is -4.02. The summed E-state index contributed by atoms with van der Waals surface area (Å²) in [4.78, 5) is 25.9. The number of hydrogen-bond acceptors (Lipinski definition) is 4. The first-order valence-corrected chi connectivity index (χ1v) is 12.9. The van der Waals surface area contributed by atoms with Crippen molar-refractivity contribution in [2.24, 2.45) is 0 Å². The van der Waals surface area contributed by atoms with Gasteiger partial charge < -0.3 is 10.6 Å². The molecule has 0 unspecified atom stereocenters. The molecule has 0 heterocycles. The molecule has 2 amide bonds. The first kappa shape index (κ1) is 26.0. The smallest absolute Gasteiger partial charge is 0.264 e. The molecule has 2 N–H and O–H groups in total. The van der Waals surface area contributed by atoms with Crippen molar-refractivity contribution in [2.45, 2.75) is 45.1 Å². The van der Waals surface area contributed by atoms with E-state index in [0.717, 1.165) is 21.9 Å². The highest BCUT2D eigenvalue weighted by atomic mass is 32.2. The number of carbonyl (C=O) groups is 2. The van der Waals surface area contributed by atoms with Gasteiger partial charge in [0, 0.05) is 6.04 Å². The van der Waals surface area contributed by atoms with Crippen molar-refractivity contribution in [2.75, 3.05) is 16.2 Å². The maximum Gasteiger partial charge on any atom is 0.264 e. The molecule has 0 bridgehead atoms. The molecule has 0 spiro atoms. The lowest BCUT2D eigenvalue weighted by atomic mass is 10.1. The van der Waals surface area contributed by atoms with E-state index in [1.165, 1.54) is 12.1 Å². The van der Waals surface area contributed by atoms with Crippen molar-refractivity contribution < 1.29 is 18.0 Å². The molecule has 0 saturated carbocycles. The van der Waals surface area contributed by atoms with Gasteiger partial charge >= 0.3 is 0 Å². The van der Waals surface area contributed by atoms with E-state index in [2.05, 4.69) is 10.6 Å². The summed E-state index contributed by atoms with van der Waals surface area (Å²) in [5.41, 5.74) is 2.89. The summed E-state index contributed by atoms with van der Waals surface area (Å²) in [6.45, 7) is 7.18. The summed E-state index contributed by atoms with van der Waals surface area (Å²) >= 11 is 0. The van der Waals surface area contributed by atoms with Crippen molar-refractivity contribution in [3.8, 4) is 0 Å². The van der Waals surface area contributed by atoms with Gasteiger partial charge in [-0.15, -0.1) is 0 Å². The van der Waals surface area contributed by atoms with Crippen LogP contribution < -0.4 is 14.9 Å². The topological polar surface area (TPSA) is 95.6 Å². The van der Waals surface area contributed by atoms with Crippen LogP contribution in [0.5, 0.6) is 0 Å². The van der Waals surface area contributed by atoms with Crippen molar-refractivity contribution in [3.05, 3.63) is 89.5 Å². The maximum atomic E-state index is 13.5. The average molecular weight is 494 g/mol. The molecule has 3 aromatic carbocycles. The highest BCUT2D eigenvalue weighted by molar-refractivity contribution is 7.92. The minimum absolute atomic E-state index is 0.0251. The Morgan fingerprint density at radius 2 is 1.46 bits per heavy atom. The predicted octanol–water partition coefficient (Wildman–Crippen LogP) is 4.67. The van der Waals surface area contributed by atoms with Gasteiger partial charge in [0.25, 0.3) is 15.9 Å². The summed E-state index contributed by atoms with van der Waals surface area (Å²) in [7, 11) is -4.02. The zero-order valence-corrected chi connectivity index (χ0v) is 21.2. The summed E-state index contributed by atoms with van der Waals surface area (Å²) in [5, 5.41) is 5.61. The molecule has 3 rings (SSSR count). The molecule has 8 heteroatoms. The van der Waals surface area contributed by atoms with E-state index in [-0.39, 0.29) is 16.8 Å². The Morgan fingerprint density at radius 3 is 2.06 bits per heavy atom. The van der Waals surface area contributed by atoms with Gasteiger partial charge in [-0.05, 0) is 63.6 Å². The Bertz CT molecular complexity index is 1290. The van der Waals surface area contributed by atoms with Crippen LogP contribution in [-0.2, 0) is 14.8 Å². The molecule has 3 aromatic rings. The number of nitrogens with one attached hydrogen (secondary N) is 2. The molecular formula is C27H31N3O4S. The molecule has 0 saturated heterocycles. The highest BCUT2D eigenvalue weighted by Gasteiger charge is 2.27. The highest BCUT2D eigenvalue weighted by Crippen LogP contribution is 2.25. The Hall–Kier alpha value is -3.65. The first-order chi connectivity index (χ1) is 16.6. The second kappa shape index (κ2) is 11.2. The molecule has 1 atom stereocenters. The van der Waals surface area contributed by atoms with E-state index >= 15 is 0 Å². The minimum Gasteiger partial charge on any atom is -0.350 e. The Morgan fingerprint density at radius 1 is 0.886 bits per heavy atom. The zero-order valence-electron chi connectivity index (χ0n) is 20.4. The average Bonchev–Trinajstić information content (AvgIpc) is 2.83. The Kier molecular flexibility index (Phi) is 8.30. The van der Waals surface area contributed by atoms with Gasteiger partial charge in [-0.3, -0.25) is 13.9 Å². The number of nitrogens with zero attached hydrogens (tertiary/aromatic N) is 1. The summed E-state index contributed by atoms with van der Waals surface area (Å²) in [6.07, 6.45) is 0.767. The monoisotopic (exact) mass is 493 g/mol. The van der Waals surface area contributed by atoms with Gasteiger partial charge in [0.1, 0.15) is 6.54 Å². The van der Waals surface area contributed by atoms with E-state index in [1.54, 1.807) is 60.7 Å². The molecule has 0 fully saturated rings. The fourth-order valence-electron chi connectivity index (χ4n) is 3.38. The fourth-order valence-corrected chi connectivity index (χ4v) is 4.80. The third-order valence-corrected chi connectivity index (χ3v) is 7.44. The normalized spacial score (nSPS) is 12.0. The van der Waals surface area contributed by atoms with Gasteiger partial charge in [-0.2, -0.15) is 0 Å². The van der Waals surface area contributed by atoms with Crippen LogP contribution in [0.25, 0.3) is 0 Å². The Balaban J connectivity index is 1.90. The number of sulfonamides is 1. The molecule has 35 heavy (non-hydrogen) atoms. The van der Waals surface area contributed by atoms with Gasteiger partial charge in [0.2, 0.25) is 5.91 Å². The molecule has 0 radical (unpaired) electrons. The summed E-state index contributed by atoms with van der Waals surface area (Å²) in [5.74, 6) is -0.872. The lowest BCUT2D eigenvalue weighted by Gasteiger charge is -2.24. The molecule has 0 aliphatic carbocycles. The van der Waals surface area contributed by atoms with Crippen LogP contribution in [0.2, 0.25) is 0 Å². The van der Waals surface area contributed by atoms with Crippen LogP contribution in [0.4, 0.5) is 11.4 Å². The van der Waals surface area contributed by atoms with Gasteiger partial charge in [-0.1, -0.05) is 54.4 Å². The number of rotatable bonds is 9. The number of hydrogen-bond donors (Lipinski definition) is 2. The predicted molar refractivity (Wildman–Crippen MR) is 139 cm³/mol. The molecule has 184 valence electrons. The third-order valence-electron chi connectivity index (χ3n) is 5.65. The van der Waals surface area contributed by atoms with Crippen LogP contribution >= 0.6 is 0 Å². The van der Waals surface area contributed by atoms with E-state index in [4.69, 9.17) is 0 Å². The van der Waals surface area contributed by atoms with E-state index in [1.807, 2.05) is 27.7 Å². The number of amides is 2. The van der Waals surface area contributed by atoms with Crippen LogP contribution in [0.1, 0.15) is 41.8 Å². The SMILES string of the molecule is CC[C@H](C)NC(=O)c1ccccc1NC(=O)CN(c1ccc(C)cc1)S(=O)(=O)c1ccc(C)cc1. The lowest BCUT2D eigenvalue weighted by Crippen LogP contribution is -2.38. The van der Waals surface area contributed by atoms with Crippen molar-refractivity contribution in [1.29, 1.82) is 0 Å². The first-order valence-electron chi connectivity index (χ1n) is 11.5. The third kappa shape index (κ3) is 6.48. The van der Waals surface area contributed by atoms with Crippen molar-refractivity contribution >= 4 is 33.2 Å².